The molecule has 0 aliphatic heterocycles. The molecule has 0 saturated heterocycles. The zero-order valence-corrected chi connectivity index (χ0v) is 19.6. The Balaban J connectivity index is 1.75. The summed E-state index contributed by atoms with van der Waals surface area (Å²) in [6.45, 7) is 6.24. The summed E-state index contributed by atoms with van der Waals surface area (Å²) in [5.74, 6) is 0.450. The summed E-state index contributed by atoms with van der Waals surface area (Å²) in [7, 11) is 0. The van der Waals surface area contributed by atoms with Crippen molar-refractivity contribution in [2.75, 3.05) is 6.61 Å². The van der Waals surface area contributed by atoms with Gasteiger partial charge in [-0.15, -0.1) is 0 Å². The van der Waals surface area contributed by atoms with Gasteiger partial charge in [0.1, 0.15) is 11.8 Å². The minimum atomic E-state index is -0.522. The molecular formula is C27H36N2O3. The second-order valence-electron chi connectivity index (χ2n) is 8.83. The van der Waals surface area contributed by atoms with Gasteiger partial charge in [0.15, 0.2) is 6.61 Å². The maximum absolute atomic E-state index is 13.3. The summed E-state index contributed by atoms with van der Waals surface area (Å²) >= 11 is 0. The van der Waals surface area contributed by atoms with Gasteiger partial charge in [0.05, 0.1) is 0 Å². The van der Waals surface area contributed by atoms with E-state index in [1.807, 2.05) is 69.3 Å². The van der Waals surface area contributed by atoms with Gasteiger partial charge in [-0.05, 0) is 50.3 Å². The van der Waals surface area contributed by atoms with Crippen molar-refractivity contribution in [2.45, 2.75) is 77.9 Å². The van der Waals surface area contributed by atoms with Crippen molar-refractivity contribution in [1.82, 2.24) is 10.2 Å². The molecule has 1 atom stereocenters. The number of carbonyl (C=O) groups is 2. The first-order chi connectivity index (χ1) is 15.5. The van der Waals surface area contributed by atoms with Crippen molar-refractivity contribution in [2.24, 2.45) is 0 Å². The molecule has 5 nitrogen and oxygen atoms in total. The SMILES string of the molecule is CC[C@H](C(=O)NC1CCCCC1)N(Cc1ccc(C)cc1)C(=O)COc1ccccc1C. The molecule has 1 saturated carbocycles. The Morgan fingerprint density at radius 1 is 1.03 bits per heavy atom. The van der Waals surface area contributed by atoms with E-state index in [1.165, 1.54) is 6.42 Å². The number of ether oxygens (including phenoxy) is 1. The molecule has 32 heavy (non-hydrogen) atoms. The Bertz CT molecular complexity index is 888. The van der Waals surface area contributed by atoms with Gasteiger partial charge in [-0.3, -0.25) is 9.59 Å². The Labute approximate surface area is 192 Å². The Morgan fingerprint density at radius 3 is 2.38 bits per heavy atom. The van der Waals surface area contributed by atoms with E-state index in [1.54, 1.807) is 4.90 Å². The monoisotopic (exact) mass is 436 g/mol. The van der Waals surface area contributed by atoms with Gasteiger partial charge in [0, 0.05) is 12.6 Å². The summed E-state index contributed by atoms with van der Waals surface area (Å²) in [4.78, 5) is 28.2. The lowest BCUT2D eigenvalue weighted by Gasteiger charge is -2.32. The minimum absolute atomic E-state index is 0.0595. The maximum atomic E-state index is 13.3. The average Bonchev–Trinajstić information content (AvgIpc) is 2.80. The quantitative estimate of drug-likeness (QED) is 0.606. The lowest BCUT2D eigenvalue weighted by Crippen LogP contribution is -2.52. The number of hydrogen-bond donors (Lipinski definition) is 1. The van der Waals surface area contributed by atoms with Crippen LogP contribution < -0.4 is 10.1 Å². The fourth-order valence-electron chi connectivity index (χ4n) is 4.29. The van der Waals surface area contributed by atoms with Crippen LogP contribution >= 0.6 is 0 Å². The molecule has 0 bridgehead atoms. The highest BCUT2D eigenvalue weighted by Crippen LogP contribution is 2.20. The number of hydrogen-bond acceptors (Lipinski definition) is 3. The summed E-state index contributed by atoms with van der Waals surface area (Å²) in [6, 6.07) is 15.4. The second-order valence-corrected chi connectivity index (χ2v) is 8.83. The van der Waals surface area contributed by atoms with Crippen molar-refractivity contribution < 1.29 is 14.3 Å². The highest BCUT2D eigenvalue weighted by Gasteiger charge is 2.30. The number of rotatable bonds is 9. The smallest absolute Gasteiger partial charge is 0.261 e. The van der Waals surface area contributed by atoms with Crippen molar-refractivity contribution in [3.63, 3.8) is 0 Å². The number of amides is 2. The van der Waals surface area contributed by atoms with Crippen LogP contribution in [0.15, 0.2) is 48.5 Å². The van der Waals surface area contributed by atoms with Gasteiger partial charge in [0.2, 0.25) is 5.91 Å². The molecule has 0 spiro atoms. The molecule has 0 aromatic heterocycles. The second kappa shape index (κ2) is 11.7. The molecule has 1 N–H and O–H groups in total. The summed E-state index contributed by atoms with van der Waals surface area (Å²) in [6.07, 6.45) is 6.13. The Kier molecular flexibility index (Phi) is 8.72. The normalized spacial score (nSPS) is 15.1. The minimum Gasteiger partial charge on any atom is -0.484 e. The molecule has 5 heteroatoms. The summed E-state index contributed by atoms with van der Waals surface area (Å²) in [5, 5.41) is 3.21. The molecule has 2 amide bonds. The van der Waals surface area contributed by atoms with E-state index in [2.05, 4.69) is 5.32 Å². The molecule has 0 heterocycles. The molecule has 1 fully saturated rings. The fourth-order valence-corrected chi connectivity index (χ4v) is 4.29. The zero-order chi connectivity index (χ0) is 22.9. The van der Waals surface area contributed by atoms with Crippen molar-refractivity contribution in [3.05, 3.63) is 65.2 Å². The summed E-state index contributed by atoms with van der Waals surface area (Å²) < 4.78 is 5.84. The lowest BCUT2D eigenvalue weighted by molar-refractivity contribution is -0.143. The molecule has 2 aromatic carbocycles. The molecule has 0 radical (unpaired) electrons. The molecular weight excluding hydrogens is 400 g/mol. The third kappa shape index (κ3) is 6.59. The zero-order valence-electron chi connectivity index (χ0n) is 19.6. The van der Waals surface area contributed by atoms with E-state index in [0.29, 0.717) is 18.7 Å². The third-order valence-corrected chi connectivity index (χ3v) is 6.26. The fraction of sp³-hybridized carbons (Fsp3) is 0.481. The van der Waals surface area contributed by atoms with Crippen LogP contribution in [0.4, 0.5) is 0 Å². The van der Waals surface area contributed by atoms with Gasteiger partial charge in [0.25, 0.3) is 5.91 Å². The van der Waals surface area contributed by atoms with Crippen LogP contribution in [0.1, 0.15) is 62.1 Å². The molecule has 3 rings (SSSR count). The Hall–Kier alpha value is -2.82. The van der Waals surface area contributed by atoms with Gasteiger partial charge in [-0.25, -0.2) is 0 Å². The van der Waals surface area contributed by atoms with E-state index >= 15 is 0 Å². The topological polar surface area (TPSA) is 58.6 Å². The number of benzene rings is 2. The van der Waals surface area contributed by atoms with Crippen LogP contribution in [0.5, 0.6) is 5.75 Å². The Morgan fingerprint density at radius 2 is 1.72 bits per heavy atom. The molecule has 1 aliphatic carbocycles. The highest BCUT2D eigenvalue weighted by molar-refractivity contribution is 5.88. The highest BCUT2D eigenvalue weighted by atomic mass is 16.5. The molecule has 172 valence electrons. The third-order valence-electron chi connectivity index (χ3n) is 6.26. The molecule has 1 aliphatic rings. The summed E-state index contributed by atoms with van der Waals surface area (Å²) in [5.41, 5.74) is 3.15. The maximum Gasteiger partial charge on any atom is 0.261 e. The van der Waals surface area contributed by atoms with Crippen LogP contribution in [0.2, 0.25) is 0 Å². The van der Waals surface area contributed by atoms with Crippen molar-refractivity contribution in [1.29, 1.82) is 0 Å². The predicted octanol–water partition coefficient (Wildman–Crippen LogP) is 4.94. The van der Waals surface area contributed by atoms with E-state index in [0.717, 1.165) is 42.4 Å². The average molecular weight is 437 g/mol. The van der Waals surface area contributed by atoms with Crippen LogP contribution in [0.3, 0.4) is 0 Å². The van der Waals surface area contributed by atoms with Crippen LogP contribution in [-0.4, -0.2) is 35.4 Å². The number of para-hydroxylation sites is 1. The van der Waals surface area contributed by atoms with Gasteiger partial charge < -0.3 is 15.0 Å². The van der Waals surface area contributed by atoms with Gasteiger partial charge in [-0.2, -0.15) is 0 Å². The lowest BCUT2D eigenvalue weighted by atomic mass is 9.95. The van der Waals surface area contributed by atoms with E-state index in [9.17, 15) is 9.59 Å². The predicted molar refractivity (Wildman–Crippen MR) is 127 cm³/mol. The van der Waals surface area contributed by atoms with Crippen molar-refractivity contribution >= 4 is 11.8 Å². The largest absolute Gasteiger partial charge is 0.484 e. The van der Waals surface area contributed by atoms with Crippen LogP contribution in [0, 0.1) is 13.8 Å². The number of nitrogens with one attached hydrogen (secondary N) is 1. The first kappa shape index (κ1) is 23.8. The number of aryl methyl sites for hydroxylation is 2. The molecule has 0 unspecified atom stereocenters. The van der Waals surface area contributed by atoms with E-state index < -0.39 is 6.04 Å². The molecule has 2 aromatic rings. The number of carbonyl (C=O) groups excluding carboxylic acids is 2. The van der Waals surface area contributed by atoms with Gasteiger partial charge in [-0.1, -0.05) is 74.2 Å². The van der Waals surface area contributed by atoms with E-state index in [4.69, 9.17) is 4.74 Å². The number of nitrogens with zero attached hydrogens (tertiary/aromatic N) is 1. The van der Waals surface area contributed by atoms with Crippen LogP contribution in [-0.2, 0) is 16.1 Å². The van der Waals surface area contributed by atoms with Gasteiger partial charge >= 0.3 is 0 Å². The van der Waals surface area contributed by atoms with E-state index in [-0.39, 0.29) is 24.5 Å². The standard InChI is InChI=1S/C27H36N2O3/c1-4-24(27(31)28-23-11-6-5-7-12-23)29(18-22-16-14-20(2)15-17-22)26(30)19-32-25-13-9-8-10-21(25)3/h8-10,13-17,23-24H,4-7,11-12,18-19H2,1-3H3,(H,28,31)/t24-/m1/s1. The van der Waals surface area contributed by atoms with Crippen molar-refractivity contribution in [3.8, 4) is 5.75 Å². The first-order valence-electron chi connectivity index (χ1n) is 11.8. The van der Waals surface area contributed by atoms with Crippen LogP contribution in [0.25, 0.3) is 0 Å². The first-order valence-corrected chi connectivity index (χ1v) is 11.8.